The Kier molecular flexibility index (Phi) is 3.79. The van der Waals surface area contributed by atoms with E-state index in [4.69, 9.17) is 0 Å². The van der Waals surface area contributed by atoms with Gasteiger partial charge in [0.25, 0.3) is 0 Å². The molecular formula is C2H4NZr. The summed E-state index contributed by atoms with van der Waals surface area (Å²) in [6.07, 6.45) is 1.66. The van der Waals surface area contributed by atoms with Crippen molar-refractivity contribution in [3.8, 4) is 0 Å². The van der Waals surface area contributed by atoms with Crippen LogP contribution in [0.25, 0.3) is 0 Å². The minimum absolute atomic E-state index is 1.30. The summed E-state index contributed by atoms with van der Waals surface area (Å²) in [5, 5.41) is 0. The van der Waals surface area contributed by atoms with Gasteiger partial charge < -0.3 is 0 Å². The summed E-state index contributed by atoms with van der Waals surface area (Å²) < 4.78 is 2.78. The third kappa shape index (κ3) is 2.42. The monoisotopic (exact) mass is 132 g/mol. The van der Waals surface area contributed by atoms with Crippen LogP contribution in [0.2, 0.25) is 0 Å². The number of nitrogens with one attached hydrogen (secondary N) is 1. The Morgan fingerprint density at radius 1 is 2.00 bits per heavy atom. The van der Waals surface area contributed by atoms with E-state index >= 15 is 0 Å². The van der Waals surface area contributed by atoms with Crippen LogP contribution in [0.3, 0.4) is 0 Å². The topological polar surface area (TPSA) is 12.0 Å². The van der Waals surface area contributed by atoms with Gasteiger partial charge in [0, 0.05) is 0 Å². The Bertz CT molecular complexity index is 20.0. The van der Waals surface area contributed by atoms with E-state index < -0.39 is 0 Å². The molecule has 0 aliphatic carbocycles. The molecule has 0 radical (unpaired) electrons. The Morgan fingerprint density at radius 2 is 2.25 bits per heavy atom. The van der Waals surface area contributed by atoms with Crippen molar-refractivity contribution in [1.29, 1.82) is 0 Å². The molecule has 0 aromatic heterocycles. The Balaban J connectivity index is 2.30. The molecule has 1 nitrogen and oxygen atoms in total. The van der Waals surface area contributed by atoms with E-state index in [9.17, 15) is 0 Å². The van der Waals surface area contributed by atoms with Gasteiger partial charge in [-0.05, 0) is 0 Å². The molecule has 0 aliphatic heterocycles. The van der Waals surface area contributed by atoms with Crippen molar-refractivity contribution in [3.05, 3.63) is 12.8 Å². The Morgan fingerprint density at radius 3 is 2.25 bits per heavy atom. The molecule has 0 bridgehead atoms. The summed E-state index contributed by atoms with van der Waals surface area (Å²) in [7, 11) is 0. The number of rotatable bonds is 1. The molecule has 1 N–H and O–H groups in total. The van der Waals surface area contributed by atoms with Crippen LogP contribution in [-0.2, 0) is 25.0 Å². The molecule has 4 heavy (non-hydrogen) atoms. The van der Waals surface area contributed by atoms with Gasteiger partial charge in [-0.2, -0.15) is 0 Å². The van der Waals surface area contributed by atoms with E-state index in [-0.39, 0.29) is 0 Å². The fourth-order valence-corrected chi connectivity index (χ4v) is 0. The second-order valence-electron chi connectivity index (χ2n) is 0.348. The van der Waals surface area contributed by atoms with Crippen LogP contribution in [0.4, 0.5) is 0 Å². The second kappa shape index (κ2) is 3.42. The van der Waals surface area contributed by atoms with Crippen LogP contribution in [0.1, 0.15) is 0 Å². The molecule has 2 heteroatoms. The van der Waals surface area contributed by atoms with Crippen LogP contribution < -0.4 is 3.26 Å². The van der Waals surface area contributed by atoms with Crippen molar-refractivity contribution in [1.82, 2.24) is 3.26 Å². The van der Waals surface area contributed by atoms with Gasteiger partial charge in [0.15, 0.2) is 0 Å². The van der Waals surface area contributed by atoms with E-state index in [0.29, 0.717) is 0 Å². The van der Waals surface area contributed by atoms with Crippen LogP contribution in [0, 0.1) is 0 Å². The van der Waals surface area contributed by atoms with Gasteiger partial charge in [0.05, 0.1) is 0 Å². The van der Waals surface area contributed by atoms with Crippen molar-refractivity contribution >= 4 is 0 Å². The molecule has 0 fully saturated rings. The van der Waals surface area contributed by atoms with Crippen molar-refractivity contribution in [2.24, 2.45) is 0 Å². The van der Waals surface area contributed by atoms with Gasteiger partial charge in [-0.1, -0.05) is 0 Å². The van der Waals surface area contributed by atoms with Gasteiger partial charge in [-0.3, -0.25) is 0 Å². The number of hydrogen-bond donors (Lipinski definition) is 1. The van der Waals surface area contributed by atoms with Crippen molar-refractivity contribution in [2.45, 2.75) is 0 Å². The SMILES string of the molecule is C=C[NH][Zr]. The number of hydrogen-bond acceptors (Lipinski definition) is 1. The van der Waals surface area contributed by atoms with Crippen molar-refractivity contribution in [2.75, 3.05) is 0 Å². The first-order valence-electron chi connectivity index (χ1n) is 0.947. The van der Waals surface area contributed by atoms with E-state index in [0.717, 1.165) is 0 Å². The molecule has 0 saturated heterocycles. The molecule has 0 heterocycles. The van der Waals surface area contributed by atoms with E-state index in [1.807, 2.05) is 0 Å². The molecule has 0 aromatic rings. The molecule has 21 valence electrons. The molecule has 0 saturated carbocycles. The minimum atomic E-state index is 1.30. The van der Waals surface area contributed by atoms with Crippen molar-refractivity contribution < 1.29 is 25.0 Å². The molecule has 0 atom stereocenters. The molecule has 0 aromatic carbocycles. The van der Waals surface area contributed by atoms with Gasteiger partial charge in [0.2, 0.25) is 0 Å². The predicted molar refractivity (Wildman–Crippen MR) is 13.3 cm³/mol. The first-order chi connectivity index (χ1) is 1.91. The molecular weight excluding hydrogens is 129 g/mol. The molecule has 0 rings (SSSR count). The Hall–Kier alpha value is 0.423. The van der Waals surface area contributed by atoms with E-state index in [1.54, 1.807) is 6.20 Å². The summed E-state index contributed by atoms with van der Waals surface area (Å²) in [5.74, 6) is 0. The molecule has 0 spiro atoms. The quantitative estimate of drug-likeness (QED) is 0.538. The zero-order valence-electron chi connectivity index (χ0n) is 2.28. The molecule has 0 aliphatic rings. The fraction of sp³-hybridized carbons (Fsp3) is 0. The third-order valence-corrected chi connectivity index (χ3v) is 0.604. The van der Waals surface area contributed by atoms with Crippen LogP contribution in [-0.4, -0.2) is 0 Å². The first-order valence-corrected chi connectivity index (χ1v) is 2.18. The van der Waals surface area contributed by atoms with Gasteiger partial charge in [0.1, 0.15) is 0 Å². The molecule has 0 unspecified atom stereocenters. The molecule has 0 amide bonds. The predicted octanol–water partition coefficient (Wildman–Crippen LogP) is 0.181. The van der Waals surface area contributed by atoms with Crippen molar-refractivity contribution in [3.63, 3.8) is 0 Å². The van der Waals surface area contributed by atoms with Gasteiger partial charge >= 0.3 is 41.0 Å². The first kappa shape index (κ1) is 4.42. The van der Waals surface area contributed by atoms with E-state index in [1.165, 1.54) is 25.0 Å². The van der Waals surface area contributed by atoms with Gasteiger partial charge in [-0.25, -0.2) is 0 Å². The van der Waals surface area contributed by atoms with Crippen LogP contribution in [0.5, 0.6) is 0 Å². The fourth-order valence-electron chi connectivity index (χ4n) is 0. The average Bonchev–Trinajstić information content (AvgIpc) is 1.37. The summed E-state index contributed by atoms with van der Waals surface area (Å²) in [6, 6.07) is 0. The zero-order valence-corrected chi connectivity index (χ0v) is 4.74. The summed E-state index contributed by atoms with van der Waals surface area (Å²) >= 11 is 1.30. The van der Waals surface area contributed by atoms with Gasteiger partial charge in [-0.15, -0.1) is 0 Å². The van der Waals surface area contributed by atoms with E-state index in [2.05, 4.69) is 9.84 Å². The van der Waals surface area contributed by atoms with Crippen LogP contribution >= 0.6 is 0 Å². The summed E-state index contributed by atoms with van der Waals surface area (Å²) in [5.41, 5.74) is 0. The average molecular weight is 133 g/mol. The third-order valence-electron chi connectivity index (χ3n) is 0.102. The summed E-state index contributed by atoms with van der Waals surface area (Å²) in [6.45, 7) is 3.39. The second-order valence-corrected chi connectivity index (χ2v) is 1.06. The van der Waals surface area contributed by atoms with Crippen LogP contribution in [0.15, 0.2) is 12.8 Å². The zero-order chi connectivity index (χ0) is 3.41. The summed E-state index contributed by atoms with van der Waals surface area (Å²) in [4.78, 5) is 0. The Labute approximate surface area is 41.3 Å². The maximum absolute atomic E-state index is 3.39. The maximum atomic E-state index is 3.39. The normalized spacial score (nSPS) is 4.75. The standard InChI is InChI=1S/C2H4N.Zr/c1-2-3;/h2-3H,1H2;/q-1;+1.